The molecule has 3 rings (SSSR count). The Kier molecular flexibility index (Phi) is 4.45. The number of benzene rings is 2. The van der Waals surface area contributed by atoms with Crippen LogP contribution >= 0.6 is 15.9 Å². The summed E-state index contributed by atoms with van der Waals surface area (Å²) in [5.41, 5.74) is 1.80. The molecule has 0 spiro atoms. The minimum Gasteiger partial charge on any atom is -0.503 e. The van der Waals surface area contributed by atoms with Crippen LogP contribution in [-0.2, 0) is 4.79 Å². The molecule has 0 aliphatic carbocycles. The van der Waals surface area contributed by atoms with Crippen molar-refractivity contribution in [3.63, 3.8) is 0 Å². The Morgan fingerprint density at radius 2 is 2.12 bits per heavy atom. The largest absolute Gasteiger partial charge is 0.503 e. The molecule has 1 aliphatic heterocycles. The lowest BCUT2D eigenvalue weighted by molar-refractivity contribution is -0.384. The third-order valence-corrected chi connectivity index (χ3v) is 4.26. The molecule has 2 N–H and O–H groups in total. The van der Waals surface area contributed by atoms with E-state index in [1.54, 1.807) is 25.1 Å². The quantitative estimate of drug-likeness (QED) is 0.456. The first-order valence-corrected chi connectivity index (χ1v) is 8.17. The summed E-state index contributed by atoms with van der Waals surface area (Å²) in [6.07, 6.45) is 1.59. The van der Waals surface area contributed by atoms with Crippen molar-refractivity contribution >= 4 is 44.9 Å². The average molecular weight is 405 g/mol. The topological polar surface area (TPSA) is 102 Å². The molecule has 0 unspecified atom stereocenters. The zero-order chi connectivity index (χ0) is 18.1. The summed E-state index contributed by atoms with van der Waals surface area (Å²) in [6.45, 7) is 2.16. The maximum absolute atomic E-state index is 12.2. The lowest BCUT2D eigenvalue weighted by atomic mass is 10.0. The zero-order valence-electron chi connectivity index (χ0n) is 13.1. The van der Waals surface area contributed by atoms with Crippen molar-refractivity contribution in [3.8, 4) is 11.5 Å². The Morgan fingerprint density at radius 1 is 1.36 bits per heavy atom. The molecule has 1 amide bonds. The van der Waals surface area contributed by atoms with Crippen LogP contribution in [0.2, 0.25) is 0 Å². The molecule has 0 saturated carbocycles. The Bertz CT molecular complexity index is 923. The summed E-state index contributed by atoms with van der Waals surface area (Å²) in [7, 11) is 0. The van der Waals surface area contributed by atoms with Crippen molar-refractivity contribution in [2.75, 3.05) is 11.9 Å². The van der Waals surface area contributed by atoms with E-state index in [0.717, 1.165) is 0 Å². The Labute approximate surface area is 151 Å². The number of phenols is 1. The van der Waals surface area contributed by atoms with E-state index >= 15 is 0 Å². The number of aromatic hydroxyl groups is 1. The van der Waals surface area contributed by atoms with Crippen molar-refractivity contribution in [1.82, 2.24) is 0 Å². The van der Waals surface area contributed by atoms with Gasteiger partial charge in [-0.15, -0.1) is 0 Å². The maximum Gasteiger partial charge on any atom is 0.270 e. The van der Waals surface area contributed by atoms with Crippen LogP contribution < -0.4 is 10.1 Å². The van der Waals surface area contributed by atoms with Crippen LogP contribution in [0.3, 0.4) is 0 Å². The number of hydrogen-bond acceptors (Lipinski definition) is 5. The number of nitrogens with one attached hydrogen (secondary N) is 1. The molecule has 0 radical (unpaired) electrons. The van der Waals surface area contributed by atoms with Gasteiger partial charge < -0.3 is 15.2 Å². The monoisotopic (exact) mass is 404 g/mol. The smallest absolute Gasteiger partial charge is 0.270 e. The number of amides is 1. The van der Waals surface area contributed by atoms with Crippen LogP contribution in [-0.4, -0.2) is 22.5 Å². The third-order valence-electron chi connectivity index (χ3n) is 3.66. The SMILES string of the molecule is CCOc1cc(/C=C2\C(=O)Nc3ccc([N+](=O)[O-])cc32)cc(Br)c1O. The van der Waals surface area contributed by atoms with Gasteiger partial charge in [0.25, 0.3) is 11.6 Å². The lowest BCUT2D eigenvalue weighted by Gasteiger charge is -2.09. The summed E-state index contributed by atoms with van der Waals surface area (Å²) in [5, 5.41) is 23.6. The van der Waals surface area contributed by atoms with Gasteiger partial charge in [0.15, 0.2) is 11.5 Å². The molecule has 8 heteroatoms. The fourth-order valence-corrected chi connectivity index (χ4v) is 3.00. The van der Waals surface area contributed by atoms with E-state index in [9.17, 15) is 20.0 Å². The molecular formula is C17H13BrN2O5. The van der Waals surface area contributed by atoms with Crippen molar-refractivity contribution < 1.29 is 19.6 Å². The molecule has 0 fully saturated rings. The second kappa shape index (κ2) is 6.56. The van der Waals surface area contributed by atoms with Gasteiger partial charge in [-0.1, -0.05) is 0 Å². The highest BCUT2D eigenvalue weighted by molar-refractivity contribution is 9.10. The number of nitro benzene ring substituents is 1. The Hall–Kier alpha value is -2.87. The number of fused-ring (bicyclic) bond motifs is 1. The molecular weight excluding hydrogens is 392 g/mol. The van der Waals surface area contributed by atoms with Crippen molar-refractivity contribution in [1.29, 1.82) is 0 Å². The number of nitro groups is 1. The van der Waals surface area contributed by atoms with Gasteiger partial charge in [-0.25, -0.2) is 0 Å². The lowest BCUT2D eigenvalue weighted by Crippen LogP contribution is -2.03. The van der Waals surface area contributed by atoms with E-state index in [0.29, 0.717) is 33.5 Å². The number of halogens is 1. The third kappa shape index (κ3) is 3.20. The molecule has 1 aliphatic rings. The van der Waals surface area contributed by atoms with Gasteiger partial charge in [-0.2, -0.15) is 0 Å². The molecule has 7 nitrogen and oxygen atoms in total. The number of carbonyl (C=O) groups excluding carboxylic acids is 1. The Balaban J connectivity index is 2.10. The number of non-ortho nitro benzene ring substituents is 1. The fourth-order valence-electron chi connectivity index (χ4n) is 2.54. The van der Waals surface area contributed by atoms with E-state index in [2.05, 4.69) is 21.2 Å². The minimum atomic E-state index is -0.509. The van der Waals surface area contributed by atoms with Gasteiger partial charge in [-0.3, -0.25) is 14.9 Å². The number of carbonyl (C=O) groups is 1. The molecule has 2 aromatic carbocycles. The second-order valence-electron chi connectivity index (χ2n) is 5.28. The van der Waals surface area contributed by atoms with E-state index in [4.69, 9.17) is 4.74 Å². The van der Waals surface area contributed by atoms with Crippen LogP contribution in [0.5, 0.6) is 11.5 Å². The van der Waals surface area contributed by atoms with Crippen LogP contribution in [0.4, 0.5) is 11.4 Å². The molecule has 0 saturated heterocycles. The second-order valence-corrected chi connectivity index (χ2v) is 6.14. The first-order valence-electron chi connectivity index (χ1n) is 7.38. The van der Waals surface area contributed by atoms with E-state index < -0.39 is 4.92 Å². The zero-order valence-corrected chi connectivity index (χ0v) is 14.7. The molecule has 2 aromatic rings. The van der Waals surface area contributed by atoms with E-state index in [1.807, 2.05) is 0 Å². The first-order chi connectivity index (χ1) is 11.9. The highest BCUT2D eigenvalue weighted by Gasteiger charge is 2.26. The average Bonchev–Trinajstić information content (AvgIpc) is 2.87. The van der Waals surface area contributed by atoms with Crippen molar-refractivity contribution in [3.05, 3.63) is 56.0 Å². The standard InChI is InChI=1S/C17H13BrN2O5/c1-2-25-15-7-9(6-13(18)16(15)21)5-12-11-8-10(20(23)24)3-4-14(11)19-17(12)22/h3-8,21H,2H2,1H3,(H,19,22)/b12-5-. The number of hydrogen-bond donors (Lipinski definition) is 2. The predicted octanol–water partition coefficient (Wildman–Crippen LogP) is 3.95. The van der Waals surface area contributed by atoms with Gasteiger partial charge in [0.1, 0.15) is 0 Å². The Morgan fingerprint density at radius 3 is 2.80 bits per heavy atom. The highest BCUT2D eigenvalue weighted by Crippen LogP contribution is 2.39. The number of anilines is 1. The first kappa shape index (κ1) is 17.0. The summed E-state index contributed by atoms with van der Waals surface area (Å²) in [5.74, 6) is -0.102. The minimum absolute atomic E-state index is 0.0316. The normalized spacial score (nSPS) is 14.3. The number of nitrogens with zero attached hydrogens (tertiary/aromatic N) is 1. The molecule has 0 atom stereocenters. The molecule has 0 aromatic heterocycles. The summed E-state index contributed by atoms with van der Waals surface area (Å²) >= 11 is 3.24. The fraction of sp³-hybridized carbons (Fsp3) is 0.118. The van der Waals surface area contributed by atoms with Gasteiger partial charge >= 0.3 is 0 Å². The van der Waals surface area contributed by atoms with Crippen LogP contribution in [0, 0.1) is 10.1 Å². The van der Waals surface area contributed by atoms with E-state index in [1.165, 1.54) is 18.2 Å². The summed E-state index contributed by atoms with van der Waals surface area (Å²) in [6, 6.07) is 7.43. The van der Waals surface area contributed by atoms with Crippen LogP contribution in [0.1, 0.15) is 18.1 Å². The van der Waals surface area contributed by atoms with Gasteiger partial charge in [0, 0.05) is 29.0 Å². The van der Waals surface area contributed by atoms with Gasteiger partial charge in [0.2, 0.25) is 0 Å². The molecule has 0 bridgehead atoms. The molecule has 25 heavy (non-hydrogen) atoms. The van der Waals surface area contributed by atoms with Crippen LogP contribution in [0.25, 0.3) is 11.6 Å². The van der Waals surface area contributed by atoms with Crippen LogP contribution in [0.15, 0.2) is 34.8 Å². The molecule has 128 valence electrons. The summed E-state index contributed by atoms with van der Waals surface area (Å²) in [4.78, 5) is 22.7. The van der Waals surface area contributed by atoms with Crippen molar-refractivity contribution in [2.45, 2.75) is 6.92 Å². The number of rotatable bonds is 4. The number of ether oxygens (including phenoxy) is 1. The maximum atomic E-state index is 12.2. The number of phenolic OH excluding ortho intramolecular Hbond substituents is 1. The predicted molar refractivity (Wildman–Crippen MR) is 96.6 cm³/mol. The summed E-state index contributed by atoms with van der Waals surface area (Å²) < 4.78 is 5.79. The molecule has 1 heterocycles. The highest BCUT2D eigenvalue weighted by atomic mass is 79.9. The van der Waals surface area contributed by atoms with E-state index in [-0.39, 0.29) is 23.1 Å². The van der Waals surface area contributed by atoms with Gasteiger partial charge in [0.05, 0.1) is 16.0 Å². The van der Waals surface area contributed by atoms with Gasteiger partial charge in [-0.05, 0) is 52.7 Å². The van der Waals surface area contributed by atoms with Crippen molar-refractivity contribution in [2.24, 2.45) is 0 Å².